The van der Waals surface area contributed by atoms with Gasteiger partial charge in [-0.1, -0.05) is 0 Å². The summed E-state index contributed by atoms with van der Waals surface area (Å²) in [5, 5.41) is 0. The van der Waals surface area contributed by atoms with E-state index >= 15 is 0 Å². The molecule has 0 bridgehead atoms. The standard InChI is InChI=1S/C12F21.ClH.Zn/c1-2-3(13,14)4(15,16)5(17,18)6(19,20)7(21,22)8(23,24)9(25,26)10(27,28)11(29,30)12(31,32)33;;/h;1H;/q-1;;+2/p-1. The predicted octanol–water partition coefficient (Wildman–Crippen LogP) is 7.54. The third kappa shape index (κ3) is 4.60. The van der Waals surface area contributed by atoms with Crippen molar-refractivity contribution in [1.29, 1.82) is 0 Å². The molecule has 35 heavy (non-hydrogen) atoms. The van der Waals surface area contributed by atoms with Crippen molar-refractivity contribution >= 4 is 9.69 Å². The maximum atomic E-state index is 13.2. The molecule has 0 amide bonds. The van der Waals surface area contributed by atoms with Gasteiger partial charge in [-0.2, -0.15) is 92.2 Å². The van der Waals surface area contributed by atoms with E-state index in [4.69, 9.17) is 16.1 Å². The fourth-order valence-corrected chi connectivity index (χ4v) is 1.64. The van der Waals surface area contributed by atoms with Gasteiger partial charge in [0.05, 0.1) is 0 Å². The van der Waals surface area contributed by atoms with E-state index in [9.17, 15) is 92.2 Å². The first kappa shape index (κ1) is 36.2. The molecule has 0 saturated carbocycles. The van der Waals surface area contributed by atoms with Crippen molar-refractivity contribution < 1.29 is 110 Å². The summed E-state index contributed by atoms with van der Waals surface area (Å²) >= 11 is 0.847. The van der Waals surface area contributed by atoms with Crippen LogP contribution in [-0.4, -0.2) is 59.5 Å². The summed E-state index contributed by atoms with van der Waals surface area (Å²) in [5.74, 6) is -78.6. The van der Waals surface area contributed by atoms with Crippen LogP contribution in [0.5, 0.6) is 0 Å². The number of hydrogen-bond donors (Lipinski definition) is 0. The van der Waals surface area contributed by atoms with Gasteiger partial charge in [0.15, 0.2) is 0 Å². The first-order chi connectivity index (χ1) is 14.8. The second-order valence-corrected chi connectivity index (χ2v) is 5.79. The topological polar surface area (TPSA) is 0 Å². The van der Waals surface area contributed by atoms with E-state index in [-0.39, 0.29) is 0 Å². The monoisotopic (exact) mass is 642 g/mol. The van der Waals surface area contributed by atoms with Crippen LogP contribution in [0.25, 0.3) is 0 Å². The third-order valence-corrected chi connectivity index (χ3v) is 3.67. The molecule has 0 aromatic carbocycles. The molecular weight excluding hydrogens is 644 g/mol. The molecule has 204 valence electrons. The number of alkyl halides is 21. The van der Waals surface area contributed by atoms with E-state index in [0.717, 1.165) is 17.3 Å². The van der Waals surface area contributed by atoms with Crippen molar-refractivity contribution in [3.05, 3.63) is 6.42 Å². The van der Waals surface area contributed by atoms with E-state index in [1.807, 2.05) is 0 Å². The Morgan fingerprint density at radius 2 is 0.543 bits per heavy atom. The first-order valence-electron chi connectivity index (χ1n) is 6.99. The Bertz CT molecular complexity index is 787. The van der Waals surface area contributed by atoms with Crippen LogP contribution in [0.15, 0.2) is 0 Å². The fourth-order valence-electron chi connectivity index (χ4n) is 1.64. The van der Waals surface area contributed by atoms with Gasteiger partial charge in [0, 0.05) is 0 Å². The zero-order chi connectivity index (χ0) is 29.7. The van der Waals surface area contributed by atoms with Crippen molar-refractivity contribution in [3.8, 4) is 5.92 Å². The van der Waals surface area contributed by atoms with Crippen LogP contribution >= 0.6 is 9.69 Å². The Labute approximate surface area is 191 Å². The quantitative estimate of drug-likeness (QED) is 0.111. The molecule has 0 N–H and O–H groups in total. The Kier molecular flexibility index (Phi) is 9.70. The van der Waals surface area contributed by atoms with Gasteiger partial charge >= 0.3 is 86.5 Å². The van der Waals surface area contributed by atoms with Crippen molar-refractivity contribution in [2.75, 3.05) is 0 Å². The fraction of sp³-hybridized carbons (Fsp3) is 0.833. The normalized spacial score (nSPS) is 15.9. The summed E-state index contributed by atoms with van der Waals surface area (Å²) < 4.78 is 269. The number of hydrogen-bond acceptors (Lipinski definition) is 0. The Hall–Kier alpha value is -0.997. The molecule has 0 saturated heterocycles. The summed E-state index contributed by atoms with van der Waals surface area (Å²) in [6.07, 6.45) is -2.48. The van der Waals surface area contributed by atoms with E-state index in [1.54, 1.807) is 0 Å². The molecule has 0 nitrogen and oxygen atoms in total. The van der Waals surface area contributed by atoms with Crippen LogP contribution in [-0.2, 0) is 17.3 Å². The second-order valence-electron chi connectivity index (χ2n) is 5.79. The Morgan fingerprint density at radius 1 is 0.371 bits per heavy atom. The van der Waals surface area contributed by atoms with E-state index in [1.165, 1.54) is 0 Å². The Morgan fingerprint density at radius 3 is 0.714 bits per heavy atom. The zero-order valence-corrected chi connectivity index (χ0v) is 18.7. The molecule has 0 aliphatic heterocycles. The first-order valence-corrected chi connectivity index (χ1v) is 10.9. The van der Waals surface area contributed by atoms with Crippen LogP contribution < -0.4 is 0 Å². The molecule has 0 aliphatic rings. The van der Waals surface area contributed by atoms with Gasteiger partial charge in [-0.05, 0) is 0 Å². The molecule has 23 heteroatoms. The molecule has 0 rings (SSSR count). The van der Waals surface area contributed by atoms with Crippen LogP contribution in [0.3, 0.4) is 0 Å². The molecule has 0 heterocycles. The van der Waals surface area contributed by atoms with E-state index in [2.05, 4.69) is 0 Å². The summed E-state index contributed by atoms with van der Waals surface area (Å²) in [6, 6.07) is 0. The molecule has 0 aromatic rings. The van der Waals surface area contributed by atoms with Crippen LogP contribution in [0.2, 0.25) is 0 Å². The van der Waals surface area contributed by atoms with Crippen LogP contribution in [0.1, 0.15) is 0 Å². The predicted molar refractivity (Wildman–Crippen MR) is 63.6 cm³/mol. The van der Waals surface area contributed by atoms with E-state index in [0.29, 0.717) is 0 Å². The molecule has 0 unspecified atom stereocenters. The van der Waals surface area contributed by atoms with Gasteiger partial charge in [-0.25, -0.2) is 0 Å². The molecular formula is C12ClF21Zn. The van der Waals surface area contributed by atoms with E-state index < -0.39 is 65.4 Å². The SMILES string of the molecule is [C-]#CC(F)(F)C(F)(F)C(F)(F)C(F)(F)C(F)(F)C(F)(F)C(F)(F)C(F)(F)C(F)(F)C(F)(F)F.[Cl][Zn+]. The number of halogens is 22. The molecule has 0 spiro atoms. The average molecular weight is 644 g/mol. The molecule has 0 aromatic heterocycles. The summed E-state index contributed by atoms with van der Waals surface area (Å²) in [5.41, 5.74) is 0. The summed E-state index contributed by atoms with van der Waals surface area (Å²) in [7, 11) is 4.76. The van der Waals surface area contributed by atoms with Crippen LogP contribution in [0.4, 0.5) is 92.2 Å². The van der Waals surface area contributed by atoms with Gasteiger partial charge in [0.2, 0.25) is 0 Å². The molecule has 0 aliphatic carbocycles. The third-order valence-electron chi connectivity index (χ3n) is 3.67. The molecule has 0 fully saturated rings. The molecule has 0 radical (unpaired) electrons. The number of rotatable bonds is 8. The minimum absolute atomic E-state index is 0.847. The maximum absolute atomic E-state index is 13.2. The second kappa shape index (κ2) is 9.39. The van der Waals surface area contributed by atoms with Gasteiger partial charge < -0.3 is 6.42 Å². The van der Waals surface area contributed by atoms with Crippen molar-refractivity contribution in [2.24, 2.45) is 0 Å². The zero-order valence-electron chi connectivity index (χ0n) is 15.0. The van der Waals surface area contributed by atoms with Crippen LogP contribution in [0, 0.1) is 12.3 Å². The van der Waals surface area contributed by atoms with Gasteiger partial charge in [-0.3, -0.25) is 5.92 Å². The van der Waals surface area contributed by atoms with Gasteiger partial charge in [-0.15, -0.1) is 0 Å². The van der Waals surface area contributed by atoms with Crippen molar-refractivity contribution in [3.63, 3.8) is 0 Å². The summed E-state index contributed by atoms with van der Waals surface area (Å²) in [4.78, 5) is 0. The average Bonchev–Trinajstić information content (AvgIpc) is 2.67. The van der Waals surface area contributed by atoms with Gasteiger partial charge in [0.1, 0.15) is 0 Å². The minimum atomic E-state index is -9.19. The summed E-state index contributed by atoms with van der Waals surface area (Å²) in [6.45, 7) is 0. The van der Waals surface area contributed by atoms with Crippen molar-refractivity contribution in [2.45, 2.75) is 59.5 Å². The van der Waals surface area contributed by atoms with Gasteiger partial charge in [0.25, 0.3) is 0 Å². The molecule has 0 atom stereocenters. The Balaban J connectivity index is 0. The van der Waals surface area contributed by atoms with Crippen molar-refractivity contribution in [1.82, 2.24) is 0 Å².